The van der Waals surface area contributed by atoms with Crippen molar-refractivity contribution in [3.63, 3.8) is 0 Å². The Bertz CT molecular complexity index is 368. The van der Waals surface area contributed by atoms with Crippen LogP contribution in [0.5, 0.6) is 0 Å². The number of hydrogen-bond acceptors (Lipinski definition) is 3. The SMILES string of the molecule is Cc1nc(N)c(I)cc1CNC(=O)O. The van der Waals surface area contributed by atoms with Gasteiger partial charge in [0.1, 0.15) is 5.82 Å². The topological polar surface area (TPSA) is 88.2 Å². The van der Waals surface area contributed by atoms with Gasteiger partial charge < -0.3 is 16.2 Å². The first-order valence-electron chi connectivity index (χ1n) is 3.89. The highest BCUT2D eigenvalue weighted by Gasteiger charge is 2.05. The second kappa shape index (κ2) is 4.45. The Balaban J connectivity index is 2.87. The lowest BCUT2D eigenvalue weighted by molar-refractivity contribution is 0.194. The van der Waals surface area contributed by atoms with Gasteiger partial charge in [-0.2, -0.15) is 0 Å². The first-order valence-corrected chi connectivity index (χ1v) is 4.97. The van der Waals surface area contributed by atoms with E-state index in [0.717, 1.165) is 14.8 Å². The summed E-state index contributed by atoms with van der Waals surface area (Å²) in [5.74, 6) is 0.474. The molecule has 1 rings (SSSR count). The van der Waals surface area contributed by atoms with Gasteiger partial charge in [-0.15, -0.1) is 0 Å². The number of halogens is 1. The standard InChI is InChI=1S/C8H10IN3O2/c1-4-5(3-11-8(13)14)2-6(9)7(10)12-4/h2,11H,3H2,1H3,(H2,10,12)(H,13,14). The first kappa shape index (κ1) is 11.0. The van der Waals surface area contributed by atoms with E-state index in [1.807, 2.05) is 6.07 Å². The van der Waals surface area contributed by atoms with E-state index >= 15 is 0 Å². The molecular formula is C8H10IN3O2. The van der Waals surface area contributed by atoms with Gasteiger partial charge in [-0.05, 0) is 41.1 Å². The maximum absolute atomic E-state index is 10.3. The van der Waals surface area contributed by atoms with Gasteiger partial charge in [-0.3, -0.25) is 0 Å². The molecule has 0 fully saturated rings. The van der Waals surface area contributed by atoms with Crippen LogP contribution in [0.25, 0.3) is 0 Å². The zero-order valence-electron chi connectivity index (χ0n) is 7.54. The summed E-state index contributed by atoms with van der Waals surface area (Å²) in [4.78, 5) is 14.4. The Labute approximate surface area is 94.9 Å². The van der Waals surface area contributed by atoms with E-state index in [1.165, 1.54) is 0 Å². The molecule has 0 aliphatic heterocycles. The van der Waals surface area contributed by atoms with Gasteiger partial charge >= 0.3 is 6.09 Å². The fraction of sp³-hybridized carbons (Fsp3) is 0.250. The summed E-state index contributed by atoms with van der Waals surface area (Å²) in [5, 5.41) is 10.7. The average molecular weight is 307 g/mol. The van der Waals surface area contributed by atoms with Crippen molar-refractivity contribution < 1.29 is 9.90 Å². The molecule has 4 N–H and O–H groups in total. The molecule has 1 heterocycles. The predicted octanol–water partition coefficient (Wildman–Crippen LogP) is 1.34. The molecule has 0 spiro atoms. The zero-order chi connectivity index (χ0) is 10.7. The summed E-state index contributed by atoms with van der Waals surface area (Å²) < 4.78 is 0.829. The van der Waals surface area contributed by atoms with E-state index in [2.05, 4.69) is 32.9 Å². The molecule has 0 atom stereocenters. The van der Waals surface area contributed by atoms with Crippen LogP contribution in [0.4, 0.5) is 10.6 Å². The van der Waals surface area contributed by atoms with E-state index in [1.54, 1.807) is 6.92 Å². The van der Waals surface area contributed by atoms with Crippen LogP contribution in [-0.2, 0) is 6.54 Å². The monoisotopic (exact) mass is 307 g/mol. The lowest BCUT2D eigenvalue weighted by atomic mass is 10.2. The number of anilines is 1. The lowest BCUT2D eigenvalue weighted by Crippen LogP contribution is -2.21. The molecule has 0 radical (unpaired) electrons. The van der Waals surface area contributed by atoms with E-state index in [9.17, 15) is 4.79 Å². The number of amides is 1. The molecule has 5 nitrogen and oxygen atoms in total. The van der Waals surface area contributed by atoms with Crippen LogP contribution in [0.1, 0.15) is 11.3 Å². The Kier molecular flexibility index (Phi) is 3.50. The van der Waals surface area contributed by atoms with Crippen LogP contribution < -0.4 is 11.1 Å². The van der Waals surface area contributed by atoms with Crippen LogP contribution in [0, 0.1) is 10.5 Å². The number of carbonyl (C=O) groups is 1. The highest BCUT2D eigenvalue weighted by Crippen LogP contribution is 2.16. The minimum absolute atomic E-state index is 0.254. The van der Waals surface area contributed by atoms with Crippen molar-refractivity contribution in [2.75, 3.05) is 5.73 Å². The number of nitrogens with two attached hydrogens (primary N) is 1. The quantitative estimate of drug-likeness (QED) is 0.720. The third-order valence-electron chi connectivity index (χ3n) is 1.73. The number of nitrogen functional groups attached to an aromatic ring is 1. The molecule has 1 aromatic rings. The third-order valence-corrected chi connectivity index (χ3v) is 2.59. The van der Waals surface area contributed by atoms with Gasteiger partial charge in [0.25, 0.3) is 0 Å². The van der Waals surface area contributed by atoms with Crippen molar-refractivity contribution in [3.8, 4) is 0 Å². The van der Waals surface area contributed by atoms with Gasteiger partial charge in [0, 0.05) is 12.2 Å². The highest BCUT2D eigenvalue weighted by atomic mass is 127. The summed E-state index contributed by atoms with van der Waals surface area (Å²) >= 11 is 2.06. The van der Waals surface area contributed by atoms with E-state index in [4.69, 9.17) is 10.8 Å². The highest BCUT2D eigenvalue weighted by molar-refractivity contribution is 14.1. The smallest absolute Gasteiger partial charge is 0.404 e. The molecule has 0 bridgehead atoms. The number of nitrogens with zero attached hydrogens (tertiary/aromatic N) is 1. The van der Waals surface area contributed by atoms with Gasteiger partial charge in [-0.25, -0.2) is 9.78 Å². The molecule has 14 heavy (non-hydrogen) atoms. The van der Waals surface area contributed by atoms with Gasteiger partial charge in [-0.1, -0.05) is 0 Å². The minimum atomic E-state index is -1.05. The fourth-order valence-corrected chi connectivity index (χ4v) is 1.48. The normalized spacial score (nSPS) is 9.86. The number of carboxylic acid groups (broad SMARTS) is 1. The van der Waals surface area contributed by atoms with Crippen LogP contribution >= 0.6 is 22.6 Å². The number of pyridine rings is 1. The van der Waals surface area contributed by atoms with Crippen molar-refractivity contribution in [3.05, 3.63) is 20.9 Å². The van der Waals surface area contributed by atoms with Crippen molar-refractivity contribution in [2.24, 2.45) is 0 Å². The summed E-state index contributed by atoms with van der Waals surface area (Å²) in [6, 6.07) is 1.83. The maximum Gasteiger partial charge on any atom is 0.404 e. The molecule has 0 aromatic carbocycles. The van der Waals surface area contributed by atoms with Crippen LogP contribution in [0.2, 0.25) is 0 Å². The molecule has 1 amide bonds. The Hall–Kier alpha value is -1.05. The van der Waals surface area contributed by atoms with Crippen molar-refractivity contribution >= 4 is 34.5 Å². The fourth-order valence-electron chi connectivity index (χ4n) is 0.987. The maximum atomic E-state index is 10.3. The first-order chi connectivity index (χ1) is 6.50. The summed E-state index contributed by atoms with van der Waals surface area (Å²) in [5.41, 5.74) is 7.18. The molecule has 0 saturated heterocycles. The molecule has 0 saturated carbocycles. The van der Waals surface area contributed by atoms with Crippen LogP contribution in [0.15, 0.2) is 6.07 Å². The van der Waals surface area contributed by atoms with Gasteiger partial charge in [0.2, 0.25) is 0 Å². The summed E-state index contributed by atoms with van der Waals surface area (Å²) in [6.45, 7) is 2.05. The lowest BCUT2D eigenvalue weighted by Gasteiger charge is -2.07. The van der Waals surface area contributed by atoms with E-state index < -0.39 is 6.09 Å². The van der Waals surface area contributed by atoms with Gasteiger partial charge in [0.05, 0.1) is 3.57 Å². The van der Waals surface area contributed by atoms with Crippen LogP contribution in [-0.4, -0.2) is 16.2 Å². The summed E-state index contributed by atoms with van der Waals surface area (Å²) in [7, 11) is 0. The molecule has 0 aliphatic carbocycles. The molecule has 1 aromatic heterocycles. The van der Waals surface area contributed by atoms with Crippen molar-refractivity contribution in [1.29, 1.82) is 0 Å². The molecule has 6 heteroatoms. The number of rotatable bonds is 2. The van der Waals surface area contributed by atoms with E-state index in [-0.39, 0.29) is 6.54 Å². The molecule has 0 aliphatic rings. The third kappa shape index (κ3) is 2.72. The largest absolute Gasteiger partial charge is 0.465 e. The predicted molar refractivity (Wildman–Crippen MR) is 61.0 cm³/mol. The number of hydrogen-bond donors (Lipinski definition) is 3. The number of aromatic nitrogens is 1. The van der Waals surface area contributed by atoms with E-state index in [0.29, 0.717) is 5.82 Å². The Morgan fingerprint density at radius 3 is 3.00 bits per heavy atom. The number of nitrogens with one attached hydrogen (secondary N) is 1. The van der Waals surface area contributed by atoms with Crippen molar-refractivity contribution in [1.82, 2.24) is 10.3 Å². The average Bonchev–Trinajstić information content (AvgIpc) is 2.09. The molecular weight excluding hydrogens is 297 g/mol. The van der Waals surface area contributed by atoms with Crippen LogP contribution in [0.3, 0.4) is 0 Å². The molecule has 76 valence electrons. The molecule has 0 unspecified atom stereocenters. The summed E-state index contributed by atoms with van der Waals surface area (Å²) in [6.07, 6.45) is -1.05. The minimum Gasteiger partial charge on any atom is -0.465 e. The van der Waals surface area contributed by atoms with Gasteiger partial charge in [0.15, 0.2) is 0 Å². The Morgan fingerprint density at radius 1 is 1.79 bits per heavy atom. The number of aryl methyl sites for hydroxylation is 1. The second-order valence-electron chi connectivity index (χ2n) is 2.76. The second-order valence-corrected chi connectivity index (χ2v) is 3.92. The van der Waals surface area contributed by atoms with Crippen molar-refractivity contribution in [2.45, 2.75) is 13.5 Å². The zero-order valence-corrected chi connectivity index (χ0v) is 9.70. The Morgan fingerprint density at radius 2 is 2.43 bits per heavy atom.